The van der Waals surface area contributed by atoms with Crippen molar-refractivity contribution < 1.29 is 19.1 Å². The molecule has 172 valence electrons. The molecule has 2 aromatic carbocycles. The minimum Gasteiger partial charge on any atom is -0.497 e. The second kappa shape index (κ2) is 12.4. The summed E-state index contributed by atoms with van der Waals surface area (Å²) in [4.78, 5) is 26.9. The third-order valence-corrected chi connectivity index (χ3v) is 5.81. The predicted octanol–water partition coefficient (Wildman–Crippen LogP) is 3.05. The maximum atomic E-state index is 12.4. The lowest BCUT2D eigenvalue weighted by molar-refractivity contribution is -0.121. The van der Waals surface area contributed by atoms with Gasteiger partial charge in [0.25, 0.3) is 5.91 Å². The van der Waals surface area contributed by atoms with Crippen LogP contribution < -0.4 is 15.4 Å². The highest BCUT2D eigenvalue weighted by Gasteiger charge is 2.24. The topological polar surface area (TPSA) is 79.9 Å². The van der Waals surface area contributed by atoms with Crippen molar-refractivity contribution in [2.24, 2.45) is 0 Å². The molecule has 1 aliphatic rings. The van der Waals surface area contributed by atoms with Crippen molar-refractivity contribution in [2.45, 2.75) is 18.9 Å². The van der Waals surface area contributed by atoms with E-state index in [2.05, 4.69) is 15.5 Å². The first kappa shape index (κ1) is 24.0. The number of amides is 2. The third-order valence-electron chi connectivity index (χ3n) is 5.46. The number of hydrogen-bond acceptors (Lipinski definition) is 5. The van der Waals surface area contributed by atoms with Crippen LogP contribution in [0.5, 0.6) is 5.75 Å². The molecule has 0 aliphatic carbocycles. The van der Waals surface area contributed by atoms with Crippen molar-refractivity contribution in [3.05, 3.63) is 64.7 Å². The van der Waals surface area contributed by atoms with E-state index < -0.39 is 0 Å². The Kier molecular flexibility index (Phi) is 9.34. The number of rotatable bonds is 10. The van der Waals surface area contributed by atoms with E-state index in [1.807, 2.05) is 24.3 Å². The van der Waals surface area contributed by atoms with E-state index in [1.165, 1.54) is 0 Å². The fourth-order valence-electron chi connectivity index (χ4n) is 3.66. The van der Waals surface area contributed by atoms with Crippen LogP contribution in [0.2, 0.25) is 5.02 Å². The number of ether oxygens (including phenoxy) is 2. The van der Waals surface area contributed by atoms with Gasteiger partial charge in [0.1, 0.15) is 5.75 Å². The maximum absolute atomic E-state index is 12.4. The number of hydrogen-bond donors (Lipinski definition) is 2. The molecule has 1 atom stereocenters. The first-order valence-corrected chi connectivity index (χ1v) is 11.2. The van der Waals surface area contributed by atoms with Crippen molar-refractivity contribution in [3.63, 3.8) is 0 Å². The predicted molar refractivity (Wildman–Crippen MR) is 124 cm³/mol. The molecule has 0 radical (unpaired) electrons. The minimum atomic E-state index is -0.167. The van der Waals surface area contributed by atoms with E-state index in [0.29, 0.717) is 55.5 Å². The van der Waals surface area contributed by atoms with Crippen LogP contribution in [0.25, 0.3) is 0 Å². The summed E-state index contributed by atoms with van der Waals surface area (Å²) in [6.45, 7) is 3.83. The average Bonchev–Trinajstić information content (AvgIpc) is 2.83. The number of carbonyl (C=O) groups is 2. The molecule has 1 fully saturated rings. The molecule has 0 bridgehead atoms. The second-order valence-electron chi connectivity index (χ2n) is 7.58. The van der Waals surface area contributed by atoms with Gasteiger partial charge in [-0.25, -0.2) is 0 Å². The molecule has 2 aromatic rings. The molecule has 8 heteroatoms. The molecule has 0 aromatic heterocycles. The van der Waals surface area contributed by atoms with Crippen molar-refractivity contribution in [1.29, 1.82) is 0 Å². The van der Waals surface area contributed by atoms with E-state index in [4.69, 9.17) is 21.1 Å². The van der Waals surface area contributed by atoms with Crippen LogP contribution in [0.15, 0.2) is 48.5 Å². The van der Waals surface area contributed by atoms with E-state index in [9.17, 15) is 9.59 Å². The van der Waals surface area contributed by atoms with E-state index in [1.54, 1.807) is 31.4 Å². The van der Waals surface area contributed by atoms with Gasteiger partial charge < -0.3 is 20.1 Å². The zero-order chi connectivity index (χ0) is 22.8. The SMILES string of the molecule is COc1ccc(C(=O)NCCCC(=O)NCC(c2ccccc2Cl)N2CCOCC2)cc1. The molecule has 1 heterocycles. The van der Waals surface area contributed by atoms with Gasteiger partial charge in [-0.15, -0.1) is 0 Å². The van der Waals surface area contributed by atoms with Crippen LogP contribution in [0, 0.1) is 0 Å². The molecule has 1 unspecified atom stereocenters. The third kappa shape index (κ3) is 6.95. The van der Waals surface area contributed by atoms with Gasteiger partial charge in [-0.05, 0) is 42.3 Å². The average molecular weight is 460 g/mol. The van der Waals surface area contributed by atoms with Gasteiger partial charge in [-0.2, -0.15) is 0 Å². The zero-order valence-electron chi connectivity index (χ0n) is 18.3. The number of carbonyl (C=O) groups excluding carboxylic acids is 2. The highest BCUT2D eigenvalue weighted by Crippen LogP contribution is 2.27. The van der Waals surface area contributed by atoms with E-state index in [0.717, 1.165) is 18.7 Å². The van der Waals surface area contributed by atoms with Crippen LogP contribution in [-0.4, -0.2) is 63.2 Å². The first-order chi connectivity index (χ1) is 15.6. The van der Waals surface area contributed by atoms with Crippen molar-refractivity contribution in [1.82, 2.24) is 15.5 Å². The van der Waals surface area contributed by atoms with Crippen LogP contribution in [0.3, 0.4) is 0 Å². The normalized spacial score (nSPS) is 15.1. The second-order valence-corrected chi connectivity index (χ2v) is 7.98. The molecule has 1 aliphatic heterocycles. The smallest absolute Gasteiger partial charge is 0.251 e. The summed E-state index contributed by atoms with van der Waals surface area (Å²) in [6, 6.07) is 14.6. The Balaban J connectivity index is 1.44. The first-order valence-electron chi connectivity index (χ1n) is 10.8. The van der Waals surface area contributed by atoms with Gasteiger partial charge in [0.05, 0.1) is 26.4 Å². The summed E-state index contributed by atoms with van der Waals surface area (Å²) >= 11 is 6.44. The molecule has 3 rings (SSSR count). The molecule has 7 nitrogen and oxygen atoms in total. The van der Waals surface area contributed by atoms with Gasteiger partial charge in [0.2, 0.25) is 5.91 Å². The van der Waals surface area contributed by atoms with Crippen molar-refractivity contribution >= 4 is 23.4 Å². The molecule has 2 amide bonds. The summed E-state index contributed by atoms with van der Waals surface area (Å²) in [5, 5.41) is 6.57. The minimum absolute atomic E-state index is 0.00803. The summed E-state index contributed by atoms with van der Waals surface area (Å²) in [5.41, 5.74) is 1.56. The largest absolute Gasteiger partial charge is 0.497 e. The zero-order valence-corrected chi connectivity index (χ0v) is 19.1. The maximum Gasteiger partial charge on any atom is 0.251 e. The van der Waals surface area contributed by atoms with Crippen LogP contribution in [0.4, 0.5) is 0 Å². The Morgan fingerprint density at radius 2 is 1.81 bits per heavy atom. The molecular weight excluding hydrogens is 430 g/mol. The monoisotopic (exact) mass is 459 g/mol. The lowest BCUT2D eigenvalue weighted by atomic mass is 10.0. The van der Waals surface area contributed by atoms with Gasteiger partial charge in [-0.1, -0.05) is 29.8 Å². The number of nitrogens with one attached hydrogen (secondary N) is 2. The Morgan fingerprint density at radius 3 is 2.50 bits per heavy atom. The molecule has 1 saturated heterocycles. The van der Waals surface area contributed by atoms with Crippen LogP contribution in [-0.2, 0) is 9.53 Å². The van der Waals surface area contributed by atoms with E-state index >= 15 is 0 Å². The van der Waals surface area contributed by atoms with Crippen molar-refractivity contribution in [3.8, 4) is 5.75 Å². The van der Waals surface area contributed by atoms with Crippen molar-refractivity contribution in [2.75, 3.05) is 46.5 Å². The lowest BCUT2D eigenvalue weighted by Gasteiger charge is -2.35. The van der Waals surface area contributed by atoms with Gasteiger partial charge in [0.15, 0.2) is 0 Å². The molecule has 32 heavy (non-hydrogen) atoms. The van der Waals surface area contributed by atoms with Gasteiger partial charge in [0, 0.05) is 43.2 Å². The Morgan fingerprint density at radius 1 is 1.09 bits per heavy atom. The number of halogens is 1. The van der Waals surface area contributed by atoms with Crippen LogP contribution in [0.1, 0.15) is 34.8 Å². The summed E-state index contributed by atoms with van der Waals surface area (Å²) in [6.07, 6.45) is 0.892. The molecule has 0 spiro atoms. The molecule has 0 saturated carbocycles. The summed E-state index contributed by atoms with van der Waals surface area (Å²) in [7, 11) is 1.58. The number of benzene rings is 2. The van der Waals surface area contributed by atoms with Crippen LogP contribution >= 0.6 is 11.6 Å². The standard InChI is InChI=1S/C24H30ClN3O4/c1-31-19-10-8-18(9-11-19)24(30)26-12-4-7-23(29)27-17-22(28-13-15-32-16-14-28)20-5-2-3-6-21(20)25/h2-3,5-6,8-11,22H,4,7,12-17H2,1H3,(H,26,30)(H,27,29). The summed E-state index contributed by atoms with van der Waals surface area (Å²) < 4.78 is 10.6. The lowest BCUT2D eigenvalue weighted by Crippen LogP contribution is -2.44. The number of methoxy groups -OCH3 is 1. The summed E-state index contributed by atoms with van der Waals surface area (Å²) in [5.74, 6) is 0.485. The Hall–Kier alpha value is -2.61. The molecule has 2 N–H and O–H groups in total. The van der Waals surface area contributed by atoms with E-state index in [-0.39, 0.29) is 17.9 Å². The Labute approximate surface area is 194 Å². The highest BCUT2D eigenvalue weighted by atomic mass is 35.5. The van der Waals surface area contributed by atoms with Gasteiger partial charge in [-0.3, -0.25) is 14.5 Å². The fourth-order valence-corrected chi connectivity index (χ4v) is 3.93. The highest BCUT2D eigenvalue weighted by molar-refractivity contribution is 6.31. The van der Waals surface area contributed by atoms with Gasteiger partial charge >= 0.3 is 0 Å². The quantitative estimate of drug-likeness (QED) is 0.534. The fraction of sp³-hybridized carbons (Fsp3) is 0.417. The molecular formula is C24H30ClN3O4. The number of morpholine rings is 1. The number of nitrogens with zero attached hydrogens (tertiary/aromatic N) is 1. The Bertz CT molecular complexity index is 885.